The van der Waals surface area contributed by atoms with Gasteiger partial charge in [-0.3, -0.25) is 0 Å². The predicted octanol–water partition coefficient (Wildman–Crippen LogP) is 6.19. The van der Waals surface area contributed by atoms with Crippen molar-refractivity contribution in [1.29, 1.82) is 0 Å². The summed E-state index contributed by atoms with van der Waals surface area (Å²) in [5.41, 5.74) is 7.34. The average Bonchev–Trinajstić information content (AvgIpc) is 2.45. The molecule has 0 bridgehead atoms. The van der Waals surface area contributed by atoms with Crippen LogP contribution in [0.25, 0.3) is 0 Å². The molecule has 0 aromatic heterocycles. The van der Waals surface area contributed by atoms with Gasteiger partial charge in [0, 0.05) is 20.3 Å². The van der Waals surface area contributed by atoms with Gasteiger partial charge in [0.2, 0.25) is 0 Å². The van der Waals surface area contributed by atoms with Crippen LogP contribution in [-0.2, 0) is 6.42 Å². The summed E-state index contributed by atoms with van der Waals surface area (Å²) in [5.74, 6) is 0. The Hall–Kier alpha value is -0.190. The van der Waals surface area contributed by atoms with E-state index < -0.39 is 0 Å². The molecular weight excluding hydrogens is 389 g/mol. The third-order valence-electron chi connectivity index (χ3n) is 3.15. The molecule has 2 N–H and O–H groups in total. The van der Waals surface area contributed by atoms with Crippen molar-refractivity contribution in [3.05, 3.63) is 56.5 Å². The van der Waals surface area contributed by atoms with E-state index in [1.165, 1.54) is 10.5 Å². The van der Waals surface area contributed by atoms with E-state index in [9.17, 15) is 0 Å². The Labute approximate surface area is 148 Å². The summed E-state index contributed by atoms with van der Waals surface area (Å²) in [7, 11) is 0. The van der Waals surface area contributed by atoms with Crippen molar-refractivity contribution >= 4 is 50.9 Å². The summed E-state index contributed by atoms with van der Waals surface area (Å²) in [4.78, 5) is 2.26. The maximum Gasteiger partial charge on any atom is 0.0603 e. The minimum Gasteiger partial charge on any atom is -0.327 e. The summed E-state index contributed by atoms with van der Waals surface area (Å²) in [5, 5.41) is 1.15. The van der Waals surface area contributed by atoms with Crippen LogP contribution in [-0.4, -0.2) is 6.04 Å². The lowest BCUT2D eigenvalue weighted by Crippen LogP contribution is -2.21. The van der Waals surface area contributed by atoms with Crippen molar-refractivity contribution in [3.8, 4) is 0 Å². The first-order chi connectivity index (χ1) is 9.99. The van der Waals surface area contributed by atoms with Crippen LogP contribution in [0.15, 0.2) is 50.7 Å². The van der Waals surface area contributed by atoms with E-state index in [0.717, 1.165) is 22.2 Å². The summed E-state index contributed by atoms with van der Waals surface area (Å²) < 4.78 is 1.07. The van der Waals surface area contributed by atoms with Gasteiger partial charge in [-0.1, -0.05) is 57.8 Å². The number of benzene rings is 2. The maximum absolute atomic E-state index is 6.10. The second-order valence-electron chi connectivity index (χ2n) is 4.80. The topological polar surface area (TPSA) is 26.0 Å². The summed E-state index contributed by atoms with van der Waals surface area (Å²) in [6.07, 6.45) is 1.82. The van der Waals surface area contributed by atoms with Gasteiger partial charge in [-0.15, -0.1) is 0 Å². The smallest absolute Gasteiger partial charge is 0.0603 e. The lowest BCUT2D eigenvalue weighted by atomic mass is 10.1. The minimum absolute atomic E-state index is 0.174. The zero-order chi connectivity index (χ0) is 15.4. The minimum atomic E-state index is 0.174. The molecule has 0 aliphatic carbocycles. The fourth-order valence-corrected chi connectivity index (χ4v) is 3.65. The summed E-state index contributed by atoms with van der Waals surface area (Å²) in [6.45, 7) is 2.11. The molecule has 21 heavy (non-hydrogen) atoms. The first-order valence-electron chi connectivity index (χ1n) is 6.66. The molecule has 0 spiro atoms. The number of hydrogen-bond acceptors (Lipinski definition) is 2. The highest BCUT2D eigenvalue weighted by Gasteiger charge is 2.10. The molecule has 0 aliphatic heterocycles. The summed E-state index contributed by atoms with van der Waals surface area (Å²) in [6, 6.07) is 12.1. The van der Waals surface area contributed by atoms with E-state index in [0.29, 0.717) is 10.0 Å². The monoisotopic (exact) mass is 403 g/mol. The molecule has 0 amide bonds. The van der Waals surface area contributed by atoms with E-state index in [1.807, 2.05) is 24.3 Å². The highest BCUT2D eigenvalue weighted by atomic mass is 79.9. The molecular formula is C16H16BrCl2NS. The molecule has 0 saturated carbocycles. The Kier molecular flexibility index (Phi) is 6.45. The standard InChI is InChI=1S/C16H16BrCl2NS/c1-2-12(20)8-10-7-11(17)3-6-16(10)21-13-4-5-14(18)15(19)9-13/h3-7,9,12H,2,8,20H2,1H3. The van der Waals surface area contributed by atoms with Crippen LogP contribution in [0.2, 0.25) is 10.0 Å². The fraction of sp³-hybridized carbons (Fsp3) is 0.250. The van der Waals surface area contributed by atoms with Gasteiger partial charge in [-0.05, 0) is 54.8 Å². The maximum atomic E-state index is 6.10. The molecule has 5 heteroatoms. The third-order valence-corrected chi connectivity index (χ3v) is 5.49. The lowest BCUT2D eigenvalue weighted by molar-refractivity contribution is 0.641. The number of nitrogens with two attached hydrogens (primary N) is 1. The quantitative estimate of drug-likeness (QED) is 0.642. The first kappa shape index (κ1) is 17.2. The lowest BCUT2D eigenvalue weighted by Gasteiger charge is -2.14. The molecule has 2 aromatic rings. The van der Waals surface area contributed by atoms with Crippen molar-refractivity contribution in [2.75, 3.05) is 0 Å². The van der Waals surface area contributed by atoms with E-state index in [-0.39, 0.29) is 6.04 Å². The number of halogens is 3. The Balaban J connectivity index is 2.28. The number of hydrogen-bond donors (Lipinski definition) is 1. The van der Waals surface area contributed by atoms with Gasteiger partial charge in [0.1, 0.15) is 0 Å². The third kappa shape index (κ3) is 4.90. The van der Waals surface area contributed by atoms with Gasteiger partial charge in [0.15, 0.2) is 0 Å². The van der Waals surface area contributed by atoms with Crippen molar-refractivity contribution < 1.29 is 0 Å². The van der Waals surface area contributed by atoms with E-state index in [4.69, 9.17) is 28.9 Å². The summed E-state index contributed by atoms with van der Waals surface area (Å²) >= 11 is 17.2. The zero-order valence-electron chi connectivity index (χ0n) is 11.6. The van der Waals surface area contributed by atoms with Crippen LogP contribution in [0, 0.1) is 0 Å². The van der Waals surface area contributed by atoms with Crippen LogP contribution in [0.3, 0.4) is 0 Å². The fourth-order valence-electron chi connectivity index (χ4n) is 1.90. The Morgan fingerprint density at radius 3 is 2.57 bits per heavy atom. The molecule has 112 valence electrons. The largest absolute Gasteiger partial charge is 0.327 e. The van der Waals surface area contributed by atoms with Crippen LogP contribution in [0.4, 0.5) is 0 Å². The molecule has 1 unspecified atom stereocenters. The van der Waals surface area contributed by atoms with E-state index in [2.05, 4.69) is 35.0 Å². The highest BCUT2D eigenvalue weighted by molar-refractivity contribution is 9.10. The van der Waals surface area contributed by atoms with Crippen molar-refractivity contribution in [3.63, 3.8) is 0 Å². The molecule has 0 saturated heterocycles. The predicted molar refractivity (Wildman–Crippen MR) is 96.7 cm³/mol. The van der Waals surface area contributed by atoms with Crippen LogP contribution < -0.4 is 5.73 Å². The van der Waals surface area contributed by atoms with Crippen molar-refractivity contribution in [2.24, 2.45) is 5.73 Å². The van der Waals surface area contributed by atoms with Gasteiger partial charge in [0.25, 0.3) is 0 Å². The van der Waals surface area contributed by atoms with Gasteiger partial charge in [-0.25, -0.2) is 0 Å². The van der Waals surface area contributed by atoms with Gasteiger partial charge < -0.3 is 5.73 Å². The molecule has 1 atom stereocenters. The van der Waals surface area contributed by atoms with Crippen LogP contribution in [0.1, 0.15) is 18.9 Å². The van der Waals surface area contributed by atoms with Gasteiger partial charge >= 0.3 is 0 Å². The van der Waals surface area contributed by atoms with Crippen LogP contribution in [0.5, 0.6) is 0 Å². The molecule has 2 rings (SSSR count). The van der Waals surface area contributed by atoms with Gasteiger partial charge in [0.05, 0.1) is 10.0 Å². The molecule has 0 fully saturated rings. The molecule has 0 aliphatic rings. The number of rotatable bonds is 5. The van der Waals surface area contributed by atoms with E-state index in [1.54, 1.807) is 11.8 Å². The zero-order valence-corrected chi connectivity index (χ0v) is 15.5. The first-order valence-corrected chi connectivity index (χ1v) is 9.03. The Morgan fingerprint density at radius 1 is 1.14 bits per heavy atom. The molecule has 2 aromatic carbocycles. The van der Waals surface area contributed by atoms with Crippen molar-refractivity contribution in [1.82, 2.24) is 0 Å². The van der Waals surface area contributed by atoms with E-state index >= 15 is 0 Å². The van der Waals surface area contributed by atoms with Gasteiger partial charge in [-0.2, -0.15) is 0 Å². The Morgan fingerprint density at radius 2 is 1.90 bits per heavy atom. The SMILES string of the molecule is CCC(N)Cc1cc(Br)ccc1Sc1ccc(Cl)c(Cl)c1. The molecule has 0 radical (unpaired) electrons. The molecule has 1 nitrogen and oxygen atoms in total. The van der Waals surface area contributed by atoms with Crippen LogP contribution >= 0.6 is 50.9 Å². The highest BCUT2D eigenvalue weighted by Crippen LogP contribution is 2.35. The molecule has 0 heterocycles. The normalized spacial score (nSPS) is 12.4. The van der Waals surface area contributed by atoms with Crippen molar-refractivity contribution in [2.45, 2.75) is 35.6 Å². The second kappa shape index (κ2) is 7.89. The second-order valence-corrected chi connectivity index (χ2v) is 7.65. The average molecular weight is 405 g/mol. The Bertz CT molecular complexity index is 634.